The Balaban J connectivity index is 1.82. The molecule has 2 N–H and O–H groups in total. The van der Waals surface area contributed by atoms with Gasteiger partial charge in [0.1, 0.15) is 5.75 Å². The van der Waals surface area contributed by atoms with Crippen LogP contribution in [0.25, 0.3) is 10.9 Å². The van der Waals surface area contributed by atoms with Gasteiger partial charge in [-0.15, -0.1) is 0 Å². The third-order valence-corrected chi connectivity index (χ3v) is 5.60. The first-order valence-corrected chi connectivity index (χ1v) is 9.34. The number of rotatable bonds is 1. The fraction of sp³-hybridized carbons (Fsp3) is 0.217. The van der Waals surface area contributed by atoms with Crippen LogP contribution in [-0.2, 0) is 4.79 Å². The van der Waals surface area contributed by atoms with Gasteiger partial charge in [-0.2, -0.15) is 0 Å². The first kappa shape index (κ1) is 16.1. The number of hydrogen-bond donors (Lipinski definition) is 2. The summed E-state index contributed by atoms with van der Waals surface area (Å²) in [7, 11) is 0. The quantitative estimate of drug-likeness (QED) is 0.657. The predicted octanol–water partition coefficient (Wildman–Crippen LogP) is 4.81. The standard InChI is InChI=1S/C23H20N2O2/c1-13-5-10-16-17(24-13)11-12-19-22(16)21(14-6-8-15(26)9-7-14)23-18(25-19)3-2-4-20(23)27/h5-12,21,25-26H,2-4H2,1H3/t21-/m0/s1. The fourth-order valence-corrected chi connectivity index (χ4v) is 4.38. The van der Waals surface area contributed by atoms with E-state index in [2.05, 4.69) is 22.4 Å². The largest absolute Gasteiger partial charge is 0.508 e. The Labute approximate surface area is 157 Å². The maximum atomic E-state index is 12.9. The summed E-state index contributed by atoms with van der Waals surface area (Å²) in [6, 6.07) is 15.5. The maximum Gasteiger partial charge on any atom is 0.161 e. The molecule has 3 aromatic rings. The summed E-state index contributed by atoms with van der Waals surface area (Å²) in [6.07, 6.45) is 2.36. The number of allylic oxidation sites excluding steroid dienone is 2. The van der Waals surface area contributed by atoms with E-state index in [1.54, 1.807) is 12.1 Å². The fourth-order valence-electron chi connectivity index (χ4n) is 4.38. The molecule has 0 fully saturated rings. The lowest BCUT2D eigenvalue weighted by Crippen LogP contribution is -2.27. The van der Waals surface area contributed by atoms with Crippen molar-refractivity contribution >= 4 is 22.4 Å². The van der Waals surface area contributed by atoms with Crippen molar-refractivity contribution in [1.29, 1.82) is 0 Å². The number of phenols is 1. The van der Waals surface area contributed by atoms with Crippen LogP contribution in [0.4, 0.5) is 5.69 Å². The van der Waals surface area contributed by atoms with Crippen molar-refractivity contribution in [2.45, 2.75) is 32.1 Å². The molecule has 0 radical (unpaired) electrons. The summed E-state index contributed by atoms with van der Waals surface area (Å²) in [4.78, 5) is 17.6. The first-order chi connectivity index (χ1) is 13.1. The SMILES string of the molecule is Cc1ccc2c3c(ccc2n1)NC1=C(C(=O)CCC1)[C@H]3c1ccc(O)cc1. The summed E-state index contributed by atoms with van der Waals surface area (Å²) >= 11 is 0. The third-order valence-electron chi connectivity index (χ3n) is 5.60. The van der Waals surface area contributed by atoms with Crippen molar-refractivity contribution in [1.82, 2.24) is 4.98 Å². The van der Waals surface area contributed by atoms with E-state index in [-0.39, 0.29) is 17.5 Å². The molecule has 0 spiro atoms. The normalized spacial score (nSPS) is 18.9. The lowest BCUT2D eigenvalue weighted by atomic mass is 9.74. The predicted molar refractivity (Wildman–Crippen MR) is 106 cm³/mol. The molecule has 27 heavy (non-hydrogen) atoms. The van der Waals surface area contributed by atoms with Crippen molar-refractivity contribution in [3.8, 4) is 5.75 Å². The molecule has 0 saturated carbocycles. The Morgan fingerprint density at radius 1 is 1.04 bits per heavy atom. The summed E-state index contributed by atoms with van der Waals surface area (Å²) in [5.74, 6) is 0.301. The van der Waals surface area contributed by atoms with Crippen molar-refractivity contribution < 1.29 is 9.90 Å². The molecule has 0 saturated heterocycles. The first-order valence-electron chi connectivity index (χ1n) is 9.34. The molecule has 2 heterocycles. The number of anilines is 1. The summed E-state index contributed by atoms with van der Waals surface area (Å²) in [6.45, 7) is 1.99. The van der Waals surface area contributed by atoms with Crippen LogP contribution in [0, 0.1) is 6.92 Å². The number of hydrogen-bond acceptors (Lipinski definition) is 4. The van der Waals surface area contributed by atoms with Gasteiger partial charge in [-0.25, -0.2) is 0 Å². The molecule has 0 bridgehead atoms. The van der Waals surface area contributed by atoms with Crippen LogP contribution >= 0.6 is 0 Å². The Bertz CT molecular complexity index is 1110. The number of fused-ring (bicyclic) bond motifs is 3. The monoisotopic (exact) mass is 356 g/mol. The minimum absolute atomic E-state index is 0.141. The van der Waals surface area contributed by atoms with Crippen LogP contribution in [0.1, 0.15) is 42.0 Å². The molecule has 0 unspecified atom stereocenters. The zero-order chi connectivity index (χ0) is 18.5. The highest BCUT2D eigenvalue weighted by molar-refractivity contribution is 6.03. The lowest BCUT2D eigenvalue weighted by Gasteiger charge is -2.34. The number of carbonyl (C=O) groups is 1. The molecular weight excluding hydrogens is 336 g/mol. The molecule has 1 aromatic heterocycles. The Morgan fingerprint density at radius 3 is 2.67 bits per heavy atom. The highest BCUT2D eigenvalue weighted by Crippen LogP contribution is 2.47. The van der Waals surface area contributed by atoms with Crippen LogP contribution in [0.5, 0.6) is 5.75 Å². The number of ketones is 1. The molecule has 1 aliphatic carbocycles. The van der Waals surface area contributed by atoms with E-state index in [9.17, 15) is 9.90 Å². The second-order valence-electron chi connectivity index (χ2n) is 7.36. The van der Waals surface area contributed by atoms with E-state index in [0.29, 0.717) is 6.42 Å². The van der Waals surface area contributed by atoms with Gasteiger partial charge in [0.2, 0.25) is 0 Å². The van der Waals surface area contributed by atoms with Gasteiger partial charge in [-0.1, -0.05) is 18.2 Å². The minimum atomic E-state index is -0.141. The van der Waals surface area contributed by atoms with Gasteiger partial charge in [0, 0.05) is 40.4 Å². The molecule has 4 heteroatoms. The number of carbonyl (C=O) groups excluding carboxylic acids is 1. The molecule has 134 valence electrons. The zero-order valence-corrected chi connectivity index (χ0v) is 15.1. The molecule has 5 rings (SSSR count). The van der Waals surface area contributed by atoms with Gasteiger partial charge in [-0.3, -0.25) is 9.78 Å². The number of aryl methyl sites for hydroxylation is 1. The number of Topliss-reactive ketones (excluding diaryl/α,β-unsaturated/α-hetero) is 1. The van der Waals surface area contributed by atoms with Gasteiger partial charge in [0.25, 0.3) is 0 Å². The second-order valence-corrected chi connectivity index (χ2v) is 7.36. The van der Waals surface area contributed by atoms with Crippen molar-refractivity contribution in [2.75, 3.05) is 5.32 Å². The average molecular weight is 356 g/mol. The van der Waals surface area contributed by atoms with E-state index in [4.69, 9.17) is 0 Å². The Morgan fingerprint density at radius 2 is 1.85 bits per heavy atom. The van der Waals surface area contributed by atoms with E-state index in [1.807, 2.05) is 31.2 Å². The number of aromatic nitrogens is 1. The number of nitrogens with one attached hydrogen (secondary N) is 1. The minimum Gasteiger partial charge on any atom is -0.508 e. The van der Waals surface area contributed by atoms with E-state index >= 15 is 0 Å². The molecule has 4 nitrogen and oxygen atoms in total. The molecule has 0 amide bonds. The van der Waals surface area contributed by atoms with Crippen LogP contribution in [0.2, 0.25) is 0 Å². The smallest absolute Gasteiger partial charge is 0.161 e. The van der Waals surface area contributed by atoms with Crippen LogP contribution < -0.4 is 5.32 Å². The molecule has 2 aromatic carbocycles. The van der Waals surface area contributed by atoms with Crippen molar-refractivity contribution in [3.05, 3.63) is 76.6 Å². The number of aromatic hydroxyl groups is 1. The summed E-state index contributed by atoms with van der Waals surface area (Å²) in [5, 5.41) is 14.3. The molecule has 1 aliphatic heterocycles. The van der Waals surface area contributed by atoms with E-state index in [1.165, 1.54) is 0 Å². The Kier molecular flexibility index (Phi) is 3.54. The van der Waals surface area contributed by atoms with Gasteiger partial charge < -0.3 is 10.4 Å². The van der Waals surface area contributed by atoms with Crippen LogP contribution in [0.15, 0.2) is 59.8 Å². The lowest BCUT2D eigenvalue weighted by molar-refractivity contribution is -0.116. The zero-order valence-electron chi connectivity index (χ0n) is 15.1. The van der Waals surface area contributed by atoms with Gasteiger partial charge in [0.15, 0.2) is 5.78 Å². The van der Waals surface area contributed by atoms with Crippen LogP contribution in [0.3, 0.4) is 0 Å². The third kappa shape index (κ3) is 2.52. The number of phenolic OH excluding ortho intramolecular Hbond substituents is 1. The van der Waals surface area contributed by atoms with Gasteiger partial charge >= 0.3 is 0 Å². The summed E-state index contributed by atoms with van der Waals surface area (Å²) < 4.78 is 0. The van der Waals surface area contributed by atoms with Gasteiger partial charge in [0.05, 0.1) is 5.52 Å². The van der Waals surface area contributed by atoms with Gasteiger partial charge in [-0.05, 0) is 61.2 Å². The average Bonchev–Trinajstić information content (AvgIpc) is 2.67. The molecule has 2 aliphatic rings. The molecule has 1 atom stereocenters. The highest BCUT2D eigenvalue weighted by Gasteiger charge is 2.36. The number of nitrogens with zero attached hydrogens (tertiary/aromatic N) is 1. The Hall–Kier alpha value is -3.14. The van der Waals surface area contributed by atoms with E-state index in [0.717, 1.165) is 57.5 Å². The summed E-state index contributed by atoms with van der Waals surface area (Å²) in [5.41, 5.74) is 6.97. The highest BCUT2D eigenvalue weighted by atomic mass is 16.3. The van der Waals surface area contributed by atoms with Crippen LogP contribution in [-0.4, -0.2) is 15.9 Å². The van der Waals surface area contributed by atoms with Crippen molar-refractivity contribution in [2.24, 2.45) is 0 Å². The molecular formula is C23H20N2O2. The van der Waals surface area contributed by atoms with Crippen molar-refractivity contribution in [3.63, 3.8) is 0 Å². The topological polar surface area (TPSA) is 62.2 Å². The number of pyridine rings is 1. The second kappa shape index (κ2) is 5.95. The number of benzene rings is 2. The van der Waals surface area contributed by atoms with E-state index < -0.39 is 0 Å². The maximum absolute atomic E-state index is 12.9.